The summed E-state index contributed by atoms with van der Waals surface area (Å²) in [5.74, 6) is 2.65. The average Bonchev–Trinajstić information content (AvgIpc) is 2.67. The minimum absolute atomic E-state index is 0.673. The fourth-order valence-electron chi connectivity index (χ4n) is 2.67. The normalized spacial score (nSPS) is 30.6. The summed E-state index contributed by atoms with van der Waals surface area (Å²) in [6.45, 7) is 7.66. The molecule has 0 spiro atoms. The zero-order chi connectivity index (χ0) is 11.5. The van der Waals surface area contributed by atoms with E-state index in [0.29, 0.717) is 6.04 Å². The van der Waals surface area contributed by atoms with Crippen molar-refractivity contribution in [3.63, 3.8) is 0 Å². The van der Waals surface area contributed by atoms with Gasteiger partial charge in [-0.15, -0.1) is 0 Å². The molecule has 0 amide bonds. The number of hydrogen-bond donors (Lipinski definition) is 2. The molecule has 1 aliphatic carbocycles. The molecule has 0 aliphatic heterocycles. The van der Waals surface area contributed by atoms with E-state index in [1.807, 2.05) is 13.1 Å². The summed E-state index contributed by atoms with van der Waals surface area (Å²) in [5.41, 5.74) is 1.20. The second kappa shape index (κ2) is 5.00. The van der Waals surface area contributed by atoms with Gasteiger partial charge in [0, 0.05) is 24.5 Å². The van der Waals surface area contributed by atoms with Gasteiger partial charge in [0.2, 0.25) is 0 Å². The third-order valence-corrected chi connectivity index (χ3v) is 4.02. The molecule has 3 heteroatoms. The zero-order valence-electron chi connectivity index (χ0n) is 10.6. The first-order valence-corrected chi connectivity index (χ1v) is 6.40. The van der Waals surface area contributed by atoms with Crippen LogP contribution in [0.2, 0.25) is 0 Å². The molecule has 1 saturated carbocycles. The molecule has 0 aromatic carbocycles. The molecule has 0 bridgehead atoms. The Labute approximate surface area is 98.1 Å². The van der Waals surface area contributed by atoms with Crippen molar-refractivity contribution in [1.82, 2.24) is 15.3 Å². The van der Waals surface area contributed by atoms with Gasteiger partial charge in [0.05, 0.1) is 0 Å². The number of nitrogens with zero attached hydrogens (tertiary/aromatic N) is 1. The maximum Gasteiger partial charge on any atom is 0.103 e. The predicted molar refractivity (Wildman–Crippen MR) is 66.1 cm³/mol. The van der Waals surface area contributed by atoms with E-state index in [1.54, 1.807) is 0 Å². The highest BCUT2D eigenvalue weighted by atomic mass is 15.0. The molecular formula is C13H23N3. The van der Waals surface area contributed by atoms with Crippen LogP contribution in [0.3, 0.4) is 0 Å². The van der Waals surface area contributed by atoms with Crippen molar-refractivity contribution in [2.24, 2.45) is 11.8 Å². The van der Waals surface area contributed by atoms with Gasteiger partial charge in [-0.2, -0.15) is 0 Å². The van der Waals surface area contributed by atoms with Gasteiger partial charge in [0.1, 0.15) is 5.82 Å². The van der Waals surface area contributed by atoms with E-state index in [0.717, 1.165) is 24.2 Å². The summed E-state index contributed by atoms with van der Waals surface area (Å²) in [6, 6.07) is 0.673. The second-order valence-electron chi connectivity index (χ2n) is 5.25. The zero-order valence-corrected chi connectivity index (χ0v) is 10.6. The quantitative estimate of drug-likeness (QED) is 0.823. The molecule has 1 aliphatic rings. The van der Waals surface area contributed by atoms with E-state index in [-0.39, 0.29) is 0 Å². The maximum atomic E-state index is 4.22. The summed E-state index contributed by atoms with van der Waals surface area (Å²) in [7, 11) is 0. The van der Waals surface area contributed by atoms with Crippen LogP contribution < -0.4 is 5.32 Å². The van der Waals surface area contributed by atoms with Crippen LogP contribution in [0.5, 0.6) is 0 Å². The first kappa shape index (κ1) is 11.6. The fraction of sp³-hybridized carbons (Fsp3) is 0.769. The Morgan fingerprint density at radius 2 is 2.25 bits per heavy atom. The molecule has 1 fully saturated rings. The van der Waals surface area contributed by atoms with Crippen molar-refractivity contribution < 1.29 is 0 Å². The van der Waals surface area contributed by atoms with Crippen LogP contribution in [0.1, 0.15) is 44.6 Å². The molecule has 0 saturated heterocycles. The van der Waals surface area contributed by atoms with E-state index >= 15 is 0 Å². The van der Waals surface area contributed by atoms with Crippen molar-refractivity contribution in [3.8, 4) is 0 Å². The van der Waals surface area contributed by atoms with Crippen molar-refractivity contribution in [3.05, 3.63) is 17.7 Å². The number of aryl methyl sites for hydroxylation is 1. The number of nitrogens with one attached hydrogen (secondary N) is 2. The van der Waals surface area contributed by atoms with Gasteiger partial charge in [-0.1, -0.05) is 26.7 Å². The molecule has 1 aromatic rings. The molecule has 2 N–H and O–H groups in total. The molecule has 1 heterocycles. The SMILES string of the molecule is Cc1ncc(CNC2CCCC(C)C2C)[nH]1. The minimum Gasteiger partial charge on any atom is -0.345 e. The Morgan fingerprint density at radius 1 is 1.44 bits per heavy atom. The summed E-state index contributed by atoms with van der Waals surface area (Å²) in [4.78, 5) is 7.49. The second-order valence-corrected chi connectivity index (χ2v) is 5.25. The third kappa shape index (κ3) is 2.64. The lowest BCUT2D eigenvalue weighted by Gasteiger charge is -2.34. The van der Waals surface area contributed by atoms with Gasteiger partial charge in [-0.05, 0) is 25.2 Å². The van der Waals surface area contributed by atoms with Gasteiger partial charge < -0.3 is 10.3 Å². The van der Waals surface area contributed by atoms with Crippen LogP contribution in [0, 0.1) is 18.8 Å². The Balaban J connectivity index is 1.85. The largest absolute Gasteiger partial charge is 0.345 e. The third-order valence-electron chi connectivity index (χ3n) is 4.02. The first-order chi connectivity index (χ1) is 7.66. The summed E-state index contributed by atoms with van der Waals surface area (Å²) >= 11 is 0. The molecular weight excluding hydrogens is 198 g/mol. The average molecular weight is 221 g/mol. The van der Waals surface area contributed by atoms with Crippen LogP contribution in [0.4, 0.5) is 0 Å². The molecule has 16 heavy (non-hydrogen) atoms. The number of aromatic amines is 1. The first-order valence-electron chi connectivity index (χ1n) is 6.40. The Bertz CT molecular complexity index is 332. The summed E-state index contributed by atoms with van der Waals surface area (Å²) in [6.07, 6.45) is 6.01. The van der Waals surface area contributed by atoms with Crippen molar-refractivity contribution >= 4 is 0 Å². The van der Waals surface area contributed by atoms with Crippen molar-refractivity contribution in [2.45, 2.75) is 52.6 Å². The van der Waals surface area contributed by atoms with E-state index < -0.39 is 0 Å². The lowest BCUT2D eigenvalue weighted by molar-refractivity contribution is 0.205. The van der Waals surface area contributed by atoms with E-state index in [4.69, 9.17) is 0 Å². The lowest BCUT2D eigenvalue weighted by Crippen LogP contribution is -2.40. The van der Waals surface area contributed by atoms with Gasteiger partial charge in [0.15, 0.2) is 0 Å². The van der Waals surface area contributed by atoms with E-state index in [2.05, 4.69) is 29.1 Å². The van der Waals surface area contributed by atoms with Crippen molar-refractivity contribution in [2.75, 3.05) is 0 Å². The Kier molecular flexibility index (Phi) is 3.64. The van der Waals surface area contributed by atoms with Gasteiger partial charge >= 0.3 is 0 Å². The van der Waals surface area contributed by atoms with Gasteiger partial charge in [-0.25, -0.2) is 4.98 Å². The standard InChI is InChI=1S/C13H23N3/c1-9-5-4-6-13(10(9)2)15-8-12-7-14-11(3)16-12/h7,9-10,13,15H,4-6,8H2,1-3H3,(H,14,16). The number of rotatable bonds is 3. The smallest absolute Gasteiger partial charge is 0.103 e. The Hall–Kier alpha value is -0.830. The van der Waals surface area contributed by atoms with Gasteiger partial charge in [0.25, 0.3) is 0 Å². The Morgan fingerprint density at radius 3 is 2.94 bits per heavy atom. The van der Waals surface area contributed by atoms with Crippen LogP contribution in [0.25, 0.3) is 0 Å². The van der Waals surface area contributed by atoms with Crippen LogP contribution in [-0.2, 0) is 6.54 Å². The minimum atomic E-state index is 0.673. The molecule has 90 valence electrons. The van der Waals surface area contributed by atoms with Gasteiger partial charge in [-0.3, -0.25) is 0 Å². The molecule has 1 aromatic heterocycles. The molecule has 3 nitrogen and oxygen atoms in total. The molecule has 2 rings (SSSR count). The summed E-state index contributed by atoms with van der Waals surface area (Å²) < 4.78 is 0. The maximum absolute atomic E-state index is 4.22. The van der Waals surface area contributed by atoms with E-state index in [9.17, 15) is 0 Å². The molecule has 3 unspecified atom stereocenters. The van der Waals surface area contributed by atoms with Crippen LogP contribution in [0.15, 0.2) is 6.20 Å². The monoisotopic (exact) mass is 221 g/mol. The van der Waals surface area contributed by atoms with Crippen LogP contribution >= 0.6 is 0 Å². The fourth-order valence-corrected chi connectivity index (χ4v) is 2.67. The number of imidazole rings is 1. The molecule has 0 radical (unpaired) electrons. The van der Waals surface area contributed by atoms with Crippen LogP contribution in [-0.4, -0.2) is 16.0 Å². The highest BCUT2D eigenvalue weighted by Gasteiger charge is 2.26. The topological polar surface area (TPSA) is 40.7 Å². The molecule has 3 atom stereocenters. The number of aromatic nitrogens is 2. The number of H-pyrrole nitrogens is 1. The van der Waals surface area contributed by atoms with E-state index in [1.165, 1.54) is 25.0 Å². The van der Waals surface area contributed by atoms with Crippen molar-refractivity contribution in [1.29, 1.82) is 0 Å². The lowest BCUT2D eigenvalue weighted by atomic mass is 9.78. The highest BCUT2D eigenvalue weighted by molar-refractivity contribution is 5.00. The predicted octanol–water partition coefficient (Wildman–Crippen LogP) is 2.63. The summed E-state index contributed by atoms with van der Waals surface area (Å²) in [5, 5.41) is 3.66. The highest BCUT2D eigenvalue weighted by Crippen LogP contribution is 2.29. The number of hydrogen-bond acceptors (Lipinski definition) is 2.